The van der Waals surface area contributed by atoms with Crippen molar-refractivity contribution in [1.82, 2.24) is 4.90 Å². The summed E-state index contributed by atoms with van der Waals surface area (Å²) >= 11 is 11.9. The average molecular weight is 379 g/mol. The maximum Gasteiger partial charge on any atom is 0.233 e. The van der Waals surface area contributed by atoms with E-state index in [1.54, 1.807) is 12.1 Å². The summed E-state index contributed by atoms with van der Waals surface area (Å²) in [6, 6.07) is 4.78. The summed E-state index contributed by atoms with van der Waals surface area (Å²) in [5.74, 6) is -0.667. The molecule has 0 unspecified atom stereocenters. The molecule has 1 saturated heterocycles. The van der Waals surface area contributed by atoms with Gasteiger partial charge in [-0.15, -0.1) is 0 Å². The van der Waals surface area contributed by atoms with E-state index in [2.05, 4.69) is 17.5 Å². The molecule has 25 heavy (non-hydrogen) atoms. The first-order valence-corrected chi connectivity index (χ1v) is 9.00. The molecular formula is C18H16Cl2N2O3. The van der Waals surface area contributed by atoms with Gasteiger partial charge in [-0.2, -0.15) is 0 Å². The van der Waals surface area contributed by atoms with Crippen molar-refractivity contribution < 1.29 is 14.4 Å². The van der Waals surface area contributed by atoms with Crippen LogP contribution in [0.25, 0.3) is 0 Å². The number of imide groups is 1. The summed E-state index contributed by atoms with van der Waals surface area (Å²) in [4.78, 5) is 38.5. The zero-order chi connectivity index (χ0) is 17.7. The van der Waals surface area contributed by atoms with E-state index in [1.807, 2.05) is 0 Å². The highest BCUT2D eigenvalue weighted by atomic mass is 35.5. The van der Waals surface area contributed by atoms with Gasteiger partial charge in [0.15, 0.2) is 0 Å². The van der Waals surface area contributed by atoms with E-state index in [0.29, 0.717) is 15.7 Å². The lowest BCUT2D eigenvalue weighted by Gasteiger charge is -2.17. The Bertz CT molecular complexity index is 778. The molecule has 1 aliphatic heterocycles. The second-order valence-corrected chi connectivity index (χ2v) is 7.59. The summed E-state index contributed by atoms with van der Waals surface area (Å²) in [6.07, 6.45) is 5.04. The molecule has 1 saturated carbocycles. The summed E-state index contributed by atoms with van der Waals surface area (Å²) in [5, 5.41) is 3.50. The minimum absolute atomic E-state index is 0.0403. The SMILES string of the molecule is O=C(CCN1C(=O)[C@@H]2[C@H](C1=O)[C@H]1C=C[C@H]2C1)Nc1ccc(Cl)cc1Cl. The Balaban J connectivity index is 1.38. The number of carbonyl (C=O) groups excluding carboxylic acids is 3. The monoisotopic (exact) mass is 378 g/mol. The summed E-state index contributed by atoms with van der Waals surface area (Å²) in [6.45, 7) is 0.0984. The maximum absolute atomic E-state index is 12.6. The average Bonchev–Trinajstić information content (AvgIpc) is 3.23. The molecule has 1 aromatic rings. The number of anilines is 1. The number of halogens is 2. The van der Waals surface area contributed by atoms with Gasteiger partial charge < -0.3 is 5.32 Å². The number of hydrogen-bond donors (Lipinski definition) is 1. The van der Waals surface area contributed by atoms with Gasteiger partial charge in [0.2, 0.25) is 17.7 Å². The molecule has 0 radical (unpaired) electrons. The molecule has 2 bridgehead atoms. The van der Waals surface area contributed by atoms with Crippen molar-refractivity contribution in [3.63, 3.8) is 0 Å². The fourth-order valence-corrected chi connectivity index (χ4v) is 4.66. The Morgan fingerprint density at radius 2 is 1.76 bits per heavy atom. The molecule has 130 valence electrons. The van der Waals surface area contributed by atoms with Crippen molar-refractivity contribution >= 4 is 46.6 Å². The Morgan fingerprint density at radius 3 is 2.36 bits per heavy atom. The number of amides is 3. The normalized spacial score (nSPS) is 29.4. The van der Waals surface area contributed by atoms with Crippen LogP contribution in [0, 0.1) is 23.7 Å². The first-order chi connectivity index (χ1) is 12.0. The van der Waals surface area contributed by atoms with Crippen LogP contribution in [0.5, 0.6) is 0 Å². The predicted octanol–water partition coefficient (Wildman–Crippen LogP) is 3.13. The van der Waals surface area contributed by atoms with Gasteiger partial charge in [0.1, 0.15) is 0 Å². The molecule has 3 amide bonds. The van der Waals surface area contributed by atoms with Crippen LogP contribution in [0.3, 0.4) is 0 Å². The minimum atomic E-state index is -0.303. The Kier molecular flexibility index (Phi) is 4.08. The third-order valence-electron chi connectivity index (χ3n) is 5.33. The summed E-state index contributed by atoms with van der Waals surface area (Å²) < 4.78 is 0. The Morgan fingerprint density at radius 1 is 1.12 bits per heavy atom. The largest absolute Gasteiger partial charge is 0.325 e. The lowest BCUT2D eigenvalue weighted by atomic mass is 9.85. The van der Waals surface area contributed by atoms with Crippen LogP contribution >= 0.6 is 23.2 Å². The lowest BCUT2D eigenvalue weighted by Crippen LogP contribution is -2.35. The highest BCUT2D eigenvalue weighted by Gasteiger charge is 2.58. The molecule has 1 heterocycles. The summed E-state index contributed by atoms with van der Waals surface area (Å²) in [7, 11) is 0. The van der Waals surface area contributed by atoms with Crippen LogP contribution < -0.4 is 5.32 Å². The summed E-state index contributed by atoms with van der Waals surface area (Å²) in [5.41, 5.74) is 0.453. The van der Waals surface area contributed by atoms with E-state index < -0.39 is 0 Å². The molecule has 7 heteroatoms. The highest BCUT2D eigenvalue weighted by Crippen LogP contribution is 2.52. The van der Waals surface area contributed by atoms with Crippen molar-refractivity contribution in [2.75, 3.05) is 11.9 Å². The molecule has 2 fully saturated rings. The van der Waals surface area contributed by atoms with E-state index in [9.17, 15) is 14.4 Å². The van der Waals surface area contributed by atoms with E-state index in [1.165, 1.54) is 11.0 Å². The molecule has 1 aromatic carbocycles. The van der Waals surface area contributed by atoms with Crippen molar-refractivity contribution in [2.45, 2.75) is 12.8 Å². The lowest BCUT2D eigenvalue weighted by molar-refractivity contribution is -0.140. The van der Waals surface area contributed by atoms with Crippen LogP contribution in [0.2, 0.25) is 10.0 Å². The van der Waals surface area contributed by atoms with Crippen LogP contribution in [0.1, 0.15) is 12.8 Å². The van der Waals surface area contributed by atoms with E-state index in [-0.39, 0.29) is 54.4 Å². The van der Waals surface area contributed by atoms with Crippen LogP contribution in [0.15, 0.2) is 30.4 Å². The zero-order valence-corrected chi connectivity index (χ0v) is 14.8. The number of benzene rings is 1. The number of allylic oxidation sites excluding steroid dienone is 2. The molecule has 1 N–H and O–H groups in total. The van der Waals surface area contributed by atoms with Gasteiger partial charge in [0, 0.05) is 18.0 Å². The first kappa shape index (κ1) is 16.6. The van der Waals surface area contributed by atoms with Crippen molar-refractivity contribution in [1.29, 1.82) is 0 Å². The fraction of sp³-hybridized carbons (Fsp3) is 0.389. The van der Waals surface area contributed by atoms with Crippen LogP contribution in [0.4, 0.5) is 5.69 Å². The molecule has 3 aliphatic rings. The molecule has 4 rings (SSSR count). The van der Waals surface area contributed by atoms with Gasteiger partial charge >= 0.3 is 0 Å². The number of nitrogens with zero attached hydrogens (tertiary/aromatic N) is 1. The van der Waals surface area contributed by atoms with Gasteiger partial charge in [-0.05, 0) is 36.5 Å². The number of fused-ring (bicyclic) bond motifs is 5. The van der Waals surface area contributed by atoms with Crippen LogP contribution in [-0.4, -0.2) is 29.2 Å². The third-order valence-corrected chi connectivity index (χ3v) is 5.88. The predicted molar refractivity (Wildman–Crippen MR) is 94.1 cm³/mol. The number of carbonyl (C=O) groups is 3. The van der Waals surface area contributed by atoms with Gasteiger partial charge in [0.05, 0.1) is 22.5 Å². The third kappa shape index (κ3) is 2.75. The second-order valence-electron chi connectivity index (χ2n) is 6.75. The quantitative estimate of drug-likeness (QED) is 0.646. The Hall–Kier alpha value is -1.85. The maximum atomic E-state index is 12.6. The molecule has 4 atom stereocenters. The molecular weight excluding hydrogens is 363 g/mol. The molecule has 0 spiro atoms. The highest BCUT2D eigenvalue weighted by molar-refractivity contribution is 6.36. The number of likely N-dealkylation sites (tertiary alicyclic amines) is 1. The van der Waals surface area contributed by atoms with E-state index >= 15 is 0 Å². The van der Waals surface area contributed by atoms with Crippen molar-refractivity contribution in [3.05, 3.63) is 40.4 Å². The Labute approximate surface area is 155 Å². The van der Waals surface area contributed by atoms with Gasteiger partial charge in [-0.25, -0.2) is 0 Å². The van der Waals surface area contributed by atoms with Gasteiger partial charge in [0.25, 0.3) is 0 Å². The molecule has 5 nitrogen and oxygen atoms in total. The van der Waals surface area contributed by atoms with Gasteiger partial charge in [-0.1, -0.05) is 35.4 Å². The zero-order valence-electron chi connectivity index (χ0n) is 13.2. The van der Waals surface area contributed by atoms with E-state index in [4.69, 9.17) is 23.2 Å². The standard InChI is InChI=1S/C18H16Cl2N2O3/c19-11-3-4-13(12(20)8-11)21-14(23)5-6-22-17(24)15-9-1-2-10(7-9)16(15)18(22)25/h1-4,8-10,15-16H,5-7H2,(H,21,23)/t9-,10-,15-,16+/m0/s1. The van der Waals surface area contributed by atoms with Crippen molar-refractivity contribution in [3.8, 4) is 0 Å². The first-order valence-electron chi connectivity index (χ1n) is 8.24. The second kappa shape index (κ2) is 6.15. The van der Waals surface area contributed by atoms with E-state index in [0.717, 1.165) is 6.42 Å². The molecule has 2 aliphatic carbocycles. The van der Waals surface area contributed by atoms with Crippen LogP contribution in [-0.2, 0) is 14.4 Å². The smallest absolute Gasteiger partial charge is 0.233 e. The number of nitrogens with one attached hydrogen (secondary N) is 1. The fourth-order valence-electron chi connectivity index (χ4n) is 4.20. The number of hydrogen-bond acceptors (Lipinski definition) is 3. The van der Waals surface area contributed by atoms with Crippen molar-refractivity contribution in [2.24, 2.45) is 23.7 Å². The topological polar surface area (TPSA) is 66.5 Å². The minimum Gasteiger partial charge on any atom is -0.325 e. The molecule has 0 aromatic heterocycles. The van der Waals surface area contributed by atoms with Gasteiger partial charge in [-0.3, -0.25) is 19.3 Å². The number of rotatable bonds is 4.